The van der Waals surface area contributed by atoms with Crippen LogP contribution in [0.2, 0.25) is 0 Å². The van der Waals surface area contributed by atoms with Gasteiger partial charge in [-0.3, -0.25) is 4.79 Å². The van der Waals surface area contributed by atoms with Crippen molar-refractivity contribution in [3.8, 4) is 5.75 Å². The second-order valence-corrected chi connectivity index (χ2v) is 6.73. The van der Waals surface area contributed by atoms with Gasteiger partial charge in [0.15, 0.2) is 24.3 Å². The van der Waals surface area contributed by atoms with Crippen LogP contribution in [0.25, 0.3) is 0 Å². The molecule has 0 saturated heterocycles. The van der Waals surface area contributed by atoms with Gasteiger partial charge in [-0.25, -0.2) is 9.18 Å². The third kappa shape index (κ3) is 5.44. The van der Waals surface area contributed by atoms with Gasteiger partial charge >= 0.3 is 5.97 Å². The number of para-hydroxylation sites is 1. The summed E-state index contributed by atoms with van der Waals surface area (Å²) < 4.78 is 23.6. The van der Waals surface area contributed by atoms with E-state index in [1.54, 1.807) is 6.07 Å². The average molecular weight is 351 g/mol. The van der Waals surface area contributed by atoms with Crippen molar-refractivity contribution in [1.29, 1.82) is 0 Å². The largest absolute Gasteiger partial charge is 0.479 e. The standard InChI is InChI=1S/C19H26FNO4/c1-12-7-6-9-16(13(12)2)21-19(23)14(3)25-18(22)11-24-17-10-5-4-8-15(17)20/h4-5,8,10,12-14,16H,6-7,9,11H2,1-3H3,(H,21,23)/t12-,13-,14-,16-/m1/s1. The Balaban J connectivity index is 1.78. The van der Waals surface area contributed by atoms with E-state index in [1.807, 2.05) is 0 Å². The van der Waals surface area contributed by atoms with Crippen LogP contribution in [0.5, 0.6) is 5.75 Å². The second-order valence-electron chi connectivity index (χ2n) is 6.73. The van der Waals surface area contributed by atoms with Crippen molar-refractivity contribution in [2.45, 2.75) is 52.2 Å². The number of benzene rings is 1. The highest BCUT2D eigenvalue weighted by atomic mass is 19.1. The Morgan fingerprint density at radius 1 is 1.28 bits per heavy atom. The van der Waals surface area contributed by atoms with E-state index in [1.165, 1.54) is 31.5 Å². The van der Waals surface area contributed by atoms with E-state index in [4.69, 9.17) is 9.47 Å². The maximum Gasteiger partial charge on any atom is 0.344 e. The van der Waals surface area contributed by atoms with Crippen LogP contribution in [0, 0.1) is 17.7 Å². The minimum Gasteiger partial charge on any atom is -0.479 e. The number of carbonyl (C=O) groups is 2. The summed E-state index contributed by atoms with van der Waals surface area (Å²) in [5.41, 5.74) is 0. The van der Waals surface area contributed by atoms with Gasteiger partial charge in [-0.1, -0.05) is 38.8 Å². The van der Waals surface area contributed by atoms with E-state index >= 15 is 0 Å². The highest BCUT2D eigenvalue weighted by Gasteiger charge is 2.30. The minimum absolute atomic E-state index is 0.0263. The lowest BCUT2D eigenvalue weighted by molar-refractivity contribution is -0.157. The monoisotopic (exact) mass is 351 g/mol. The summed E-state index contributed by atoms with van der Waals surface area (Å²) in [5, 5.41) is 2.97. The summed E-state index contributed by atoms with van der Waals surface area (Å²) in [5.74, 6) is -0.653. The molecule has 0 aliphatic heterocycles. The lowest BCUT2D eigenvalue weighted by Crippen LogP contribution is -2.47. The fraction of sp³-hybridized carbons (Fsp3) is 0.579. The van der Waals surface area contributed by atoms with E-state index in [-0.39, 0.29) is 17.7 Å². The lowest BCUT2D eigenvalue weighted by Gasteiger charge is -2.35. The van der Waals surface area contributed by atoms with Crippen molar-refractivity contribution >= 4 is 11.9 Å². The molecule has 1 aromatic rings. The molecule has 0 heterocycles. The van der Waals surface area contributed by atoms with Crippen molar-refractivity contribution in [3.63, 3.8) is 0 Å². The van der Waals surface area contributed by atoms with Crippen molar-refractivity contribution in [1.82, 2.24) is 5.32 Å². The SMILES string of the molecule is C[C@@H]1[C@H](C)CCC[C@H]1NC(=O)[C@@H](C)OC(=O)COc1ccccc1F. The Morgan fingerprint density at radius 3 is 2.72 bits per heavy atom. The van der Waals surface area contributed by atoms with Gasteiger partial charge in [-0.2, -0.15) is 0 Å². The summed E-state index contributed by atoms with van der Waals surface area (Å²) in [6.45, 7) is 5.39. The van der Waals surface area contributed by atoms with Gasteiger partial charge in [-0.15, -0.1) is 0 Å². The molecular weight excluding hydrogens is 325 g/mol. The number of hydrogen-bond acceptors (Lipinski definition) is 4. The van der Waals surface area contributed by atoms with Gasteiger partial charge in [0, 0.05) is 6.04 Å². The molecule has 1 aliphatic carbocycles. The molecule has 2 rings (SSSR count). The molecule has 138 valence electrons. The van der Waals surface area contributed by atoms with E-state index < -0.39 is 24.5 Å². The molecule has 1 aliphatic rings. The predicted molar refractivity (Wildman–Crippen MR) is 91.6 cm³/mol. The normalized spacial score (nSPS) is 24.2. The lowest BCUT2D eigenvalue weighted by atomic mass is 9.78. The van der Waals surface area contributed by atoms with Crippen LogP contribution < -0.4 is 10.1 Å². The second kappa shape index (κ2) is 8.83. The van der Waals surface area contributed by atoms with Crippen LogP contribution in [0.3, 0.4) is 0 Å². The van der Waals surface area contributed by atoms with Gasteiger partial charge < -0.3 is 14.8 Å². The van der Waals surface area contributed by atoms with Crippen molar-refractivity contribution in [2.75, 3.05) is 6.61 Å². The number of rotatable bonds is 6. The number of halogens is 1. The first-order valence-electron chi connectivity index (χ1n) is 8.75. The summed E-state index contributed by atoms with van der Waals surface area (Å²) in [7, 11) is 0. The first-order valence-corrected chi connectivity index (χ1v) is 8.75. The minimum atomic E-state index is -0.916. The fourth-order valence-electron chi connectivity index (χ4n) is 3.07. The molecule has 1 amide bonds. The Labute approximate surface area is 147 Å². The summed E-state index contributed by atoms with van der Waals surface area (Å²) in [6.07, 6.45) is 2.28. The molecular formula is C19H26FNO4. The van der Waals surface area contributed by atoms with Crippen molar-refractivity contribution < 1.29 is 23.5 Å². The van der Waals surface area contributed by atoms with Gasteiger partial charge in [0.25, 0.3) is 5.91 Å². The van der Waals surface area contributed by atoms with E-state index in [2.05, 4.69) is 19.2 Å². The smallest absolute Gasteiger partial charge is 0.344 e. The van der Waals surface area contributed by atoms with Crippen LogP contribution in [0.1, 0.15) is 40.0 Å². The molecule has 0 unspecified atom stereocenters. The van der Waals surface area contributed by atoms with Crippen molar-refractivity contribution in [3.05, 3.63) is 30.1 Å². The molecule has 0 aromatic heterocycles. The molecule has 4 atom stereocenters. The van der Waals surface area contributed by atoms with Crippen LogP contribution >= 0.6 is 0 Å². The first kappa shape index (κ1) is 19.2. The molecule has 0 spiro atoms. The number of nitrogens with one attached hydrogen (secondary N) is 1. The van der Waals surface area contributed by atoms with Crippen LogP contribution in [-0.4, -0.2) is 30.6 Å². The zero-order valence-corrected chi connectivity index (χ0v) is 15.0. The highest BCUT2D eigenvalue weighted by Crippen LogP contribution is 2.29. The van der Waals surface area contributed by atoms with Crippen LogP contribution in [-0.2, 0) is 14.3 Å². The molecule has 1 saturated carbocycles. The van der Waals surface area contributed by atoms with E-state index in [9.17, 15) is 14.0 Å². The molecule has 1 N–H and O–H groups in total. The maximum absolute atomic E-state index is 13.4. The molecule has 25 heavy (non-hydrogen) atoms. The van der Waals surface area contributed by atoms with E-state index in [0.29, 0.717) is 11.8 Å². The van der Waals surface area contributed by atoms with Gasteiger partial charge in [0.1, 0.15) is 0 Å². The zero-order chi connectivity index (χ0) is 18.4. The molecule has 0 bridgehead atoms. The predicted octanol–water partition coefficient (Wildman–Crippen LogP) is 3.08. The molecule has 1 fully saturated rings. The van der Waals surface area contributed by atoms with Gasteiger partial charge in [0.05, 0.1) is 0 Å². The number of hydrogen-bond donors (Lipinski definition) is 1. The zero-order valence-electron chi connectivity index (χ0n) is 15.0. The van der Waals surface area contributed by atoms with Gasteiger partial charge in [-0.05, 0) is 37.3 Å². The fourth-order valence-corrected chi connectivity index (χ4v) is 3.07. The summed E-state index contributed by atoms with van der Waals surface area (Å²) in [6, 6.07) is 5.90. The molecule has 6 heteroatoms. The third-order valence-electron chi connectivity index (χ3n) is 4.89. The quantitative estimate of drug-likeness (QED) is 0.800. The number of carbonyl (C=O) groups excluding carboxylic acids is 2. The maximum atomic E-state index is 13.4. The Kier molecular flexibility index (Phi) is 6.79. The molecule has 0 radical (unpaired) electrons. The highest BCUT2D eigenvalue weighted by molar-refractivity contribution is 5.83. The summed E-state index contributed by atoms with van der Waals surface area (Å²) >= 11 is 0. The number of ether oxygens (including phenoxy) is 2. The Hall–Kier alpha value is -2.11. The summed E-state index contributed by atoms with van der Waals surface area (Å²) in [4.78, 5) is 24.0. The average Bonchev–Trinajstić information content (AvgIpc) is 2.58. The van der Waals surface area contributed by atoms with Crippen LogP contribution in [0.4, 0.5) is 4.39 Å². The van der Waals surface area contributed by atoms with Crippen LogP contribution in [0.15, 0.2) is 24.3 Å². The molecule has 1 aromatic carbocycles. The Morgan fingerprint density at radius 2 is 2.00 bits per heavy atom. The molecule has 5 nitrogen and oxygen atoms in total. The first-order chi connectivity index (χ1) is 11.9. The van der Waals surface area contributed by atoms with Gasteiger partial charge in [0.2, 0.25) is 0 Å². The van der Waals surface area contributed by atoms with Crippen molar-refractivity contribution in [2.24, 2.45) is 11.8 Å². The topological polar surface area (TPSA) is 64.6 Å². The Bertz CT molecular complexity index is 607. The van der Waals surface area contributed by atoms with E-state index in [0.717, 1.165) is 12.8 Å². The number of amides is 1. The number of esters is 1. The third-order valence-corrected chi connectivity index (χ3v) is 4.89.